The van der Waals surface area contributed by atoms with Crippen LogP contribution in [-0.2, 0) is 4.79 Å². The molecule has 0 atom stereocenters. The molecule has 1 heterocycles. The van der Waals surface area contributed by atoms with E-state index in [1.165, 1.54) is 0 Å². The first-order valence-electron chi connectivity index (χ1n) is 5.09. The third-order valence-corrected chi connectivity index (χ3v) is 4.96. The average molecular weight is 242 g/mol. The van der Waals surface area contributed by atoms with E-state index in [-0.39, 0.29) is 11.2 Å². The molecule has 1 rings (SSSR count). The average Bonchev–Trinajstić information content (AvgIpc) is 2.54. The van der Waals surface area contributed by atoms with Gasteiger partial charge < -0.3 is 0 Å². The minimum absolute atomic E-state index is 0.0874. The van der Waals surface area contributed by atoms with Crippen LogP contribution in [0.2, 0.25) is 0 Å². The number of thioether (sulfide) groups is 2. The number of ketones is 1. The molecule has 3 heteroatoms. The molecule has 15 heavy (non-hydrogen) atoms. The van der Waals surface area contributed by atoms with Gasteiger partial charge in [0, 0.05) is 21.8 Å². The summed E-state index contributed by atoms with van der Waals surface area (Å²) in [7, 11) is 0. The Balaban J connectivity index is 2.66. The summed E-state index contributed by atoms with van der Waals surface area (Å²) in [5.41, 5.74) is 1.22. The lowest BCUT2D eigenvalue weighted by atomic mass is 9.87. The maximum atomic E-state index is 11.7. The van der Waals surface area contributed by atoms with E-state index >= 15 is 0 Å². The Bertz CT molecular complexity index is 300. The number of rotatable bonds is 2. The molecule has 0 aromatic heterocycles. The van der Waals surface area contributed by atoms with E-state index < -0.39 is 0 Å². The third kappa shape index (κ3) is 4.47. The fraction of sp³-hybridized carbons (Fsp3) is 0.583. The second-order valence-electron chi connectivity index (χ2n) is 4.64. The van der Waals surface area contributed by atoms with Crippen LogP contribution in [0.5, 0.6) is 0 Å². The molecule has 0 aliphatic carbocycles. The molecule has 84 valence electrons. The van der Waals surface area contributed by atoms with Crippen molar-refractivity contribution in [3.05, 3.63) is 22.0 Å². The molecule has 0 radical (unpaired) electrons. The molecule has 0 aromatic carbocycles. The van der Waals surface area contributed by atoms with Gasteiger partial charge in [-0.1, -0.05) is 26.3 Å². The highest BCUT2D eigenvalue weighted by atomic mass is 32.2. The van der Waals surface area contributed by atoms with Crippen molar-refractivity contribution in [2.75, 3.05) is 11.5 Å². The van der Waals surface area contributed by atoms with Gasteiger partial charge in [0.05, 0.1) is 0 Å². The summed E-state index contributed by atoms with van der Waals surface area (Å²) in [5, 5.41) is 0. The van der Waals surface area contributed by atoms with Gasteiger partial charge in [-0.25, -0.2) is 0 Å². The first-order chi connectivity index (χ1) is 6.89. The molecule has 1 saturated heterocycles. The van der Waals surface area contributed by atoms with Crippen molar-refractivity contribution < 1.29 is 4.79 Å². The van der Waals surface area contributed by atoms with Crippen LogP contribution in [0, 0.1) is 5.41 Å². The lowest BCUT2D eigenvalue weighted by Crippen LogP contribution is -2.08. The second-order valence-corrected chi connectivity index (χ2v) is 7.17. The summed E-state index contributed by atoms with van der Waals surface area (Å²) in [6.07, 6.45) is 3.52. The Labute approximate surface area is 101 Å². The maximum Gasteiger partial charge on any atom is 0.180 e. The molecule has 1 nitrogen and oxygen atoms in total. The standard InChI is InChI=1S/C12H18OS2/c1-9(12(2,3)4)7-10(13)8-11-14-5-6-15-11/h7-8H,5-6H2,1-4H3/b9-7-. The monoisotopic (exact) mass is 242 g/mol. The summed E-state index contributed by atoms with van der Waals surface area (Å²) in [6, 6.07) is 0. The van der Waals surface area contributed by atoms with Crippen molar-refractivity contribution in [2.24, 2.45) is 5.41 Å². The predicted octanol–water partition coefficient (Wildman–Crippen LogP) is 3.87. The van der Waals surface area contributed by atoms with E-state index in [9.17, 15) is 4.79 Å². The molecule has 0 saturated carbocycles. The van der Waals surface area contributed by atoms with Gasteiger partial charge in [-0.3, -0.25) is 4.79 Å². The molecule has 0 unspecified atom stereocenters. The fourth-order valence-corrected chi connectivity index (χ4v) is 3.30. The van der Waals surface area contributed by atoms with E-state index in [1.807, 2.05) is 6.92 Å². The molecule has 0 amide bonds. The molecule has 0 bridgehead atoms. The van der Waals surface area contributed by atoms with Gasteiger partial charge in [-0.15, -0.1) is 23.5 Å². The Morgan fingerprint density at radius 1 is 1.27 bits per heavy atom. The van der Waals surface area contributed by atoms with E-state index in [0.29, 0.717) is 0 Å². The van der Waals surface area contributed by atoms with Gasteiger partial charge in [-0.05, 0) is 18.4 Å². The third-order valence-electron chi connectivity index (χ3n) is 2.37. The van der Waals surface area contributed by atoms with Crippen molar-refractivity contribution in [1.82, 2.24) is 0 Å². The van der Waals surface area contributed by atoms with Crippen LogP contribution >= 0.6 is 23.5 Å². The van der Waals surface area contributed by atoms with Crippen molar-refractivity contribution in [3.63, 3.8) is 0 Å². The van der Waals surface area contributed by atoms with Gasteiger partial charge in [0.1, 0.15) is 0 Å². The highest BCUT2D eigenvalue weighted by molar-refractivity contribution is 8.25. The minimum atomic E-state index is 0.0874. The highest BCUT2D eigenvalue weighted by Gasteiger charge is 2.14. The van der Waals surface area contributed by atoms with Crippen LogP contribution in [0.3, 0.4) is 0 Å². The topological polar surface area (TPSA) is 17.1 Å². The summed E-state index contributed by atoms with van der Waals surface area (Å²) in [6.45, 7) is 8.39. The van der Waals surface area contributed by atoms with Crippen molar-refractivity contribution >= 4 is 29.3 Å². The first kappa shape index (κ1) is 12.9. The number of hydrogen-bond acceptors (Lipinski definition) is 3. The summed E-state index contributed by atoms with van der Waals surface area (Å²) in [4.78, 5) is 11.7. The zero-order chi connectivity index (χ0) is 11.5. The molecule has 1 aliphatic rings. The van der Waals surface area contributed by atoms with Gasteiger partial charge in [-0.2, -0.15) is 0 Å². The van der Waals surface area contributed by atoms with Crippen LogP contribution in [0.15, 0.2) is 22.0 Å². The summed E-state index contributed by atoms with van der Waals surface area (Å²) < 4.78 is 1.16. The van der Waals surface area contributed by atoms with Crippen LogP contribution in [-0.4, -0.2) is 17.3 Å². The first-order valence-corrected chi connectivity index (χ1v) is 7.07. The second kappa shape index (κ2) is 5.26. The van der Waals surface area contributed by atoms with E-state index in [0.717, 1.165) is 21.3 Å². The number of carbonyl (C=O) groups is 1. The van der Waals surface area contributed by atoms with Crippen molar-refractivity contribution in [2.45, 2.75) is 27.7 Å². The van der Waals surface area contributed by atoms with Gasteiger partial charge in [0.2, 0.25) is 0 Å². The molecule has 0 spiro atoms. The Morgan fingerprint density at radius 2 is 1.80 bits per heavy atom. The molecular formula is C12H18OS2. The Kier molecular flexibility index (Phi) is 4.53. The highest BCUT2D eigenvalue weighted by Crippen LogP contribution is 2.36. The van der Waals surface area contributed by atoms with E-state index in [2.05, 4.69) is 20.8 Å². The van der Waals surface area contributed by atoms with Gasteiger partial charge >= 0.3 is 0 Å². The normalized spacial score (nSPS) is 18.1. The maximum absolute atomic E-state index is 11.7. The SMILES string of the molecule is C/C(=C/C(=O)C=C1SCCS1)C(C)(C)C. The molecule has 0 aromatic rings. The van der Waals surface area contributed by atoms with Crippen LogP contribution < -0.4 is 0 Å². The Hall–Kier alpha value is -0.150. The van der Waals surface area contributed by atoms with Gasteiger partial charge in [0.15, 0.2) is 5.78 Å². The molecule has 1 fully saturated rings. The molecule has 0 N–H and O–H groups in total. The van der Waals surface area contributed by atoms with E-state index in [4.69, 9.17) is 0 Å². The quantitative estimate of drug-likeness (QED) is 0.684. The van der Waals surface area contributed by atoms with Crippen LogP contribution in [0.1, 0.15) is 27.7 Å². The zero-order valence-corrected chi connectivity index (χ0v) is 11.4. The fourth-order valence-electron chi connectivity index (χ4n) is 0.997. The molecule has 1 aliphatic heterocycles. The van der Waals surface area contributed by atoms with Crippen LogP contribution in [0.4, 0.5) is 0 Å². The van der Waals surface area contributed by atoms with Crippen molar-refractivity contribution in [3.8, 4) is 0 Å². The summed E-state index contributed by atoms with van der Waals surface area (Å²) >= 11 is 3.56. The van der Waals surface area contributed by atoms with E-state index in [1.54, 1.807) is 35.7 Å². The lowest BCUT2D eigenvalue weighted by molar-refractivity contribution is -0.110. The molecular weight excluding hydrogens is 224 g/mol. The van der Waals surface area contributed by atoms with Crippen molar-refractivity contribution in [1.29, 1.82) is 0 Å². The smallest absolute Gasteiger partial charge is 0.180 e. The number of hydrogen-bond donors (Lipinski definition) is 0. The predicted molar refractivity (Wildman–Crippen MR) is 71.2 cm³/mol. The van der Waals surface area contributed by atoms with Crippen LogP contribution in [0.25, 0.3) is 0 Å². The summed E-state index contributed by atoms with van der Waals surface area (Å²) in [5.74, 6) is 2.39. The zero-order valence-electron chi connectivity index (χ0n) is 9.79. The largest absolute Gasteiger partial charge is 0.290 e. The number of allylic oxidation sites excluding steroid dienone is 3. The Morgan fingerprint density at radius 3 is 2.27 bits per heavy atom. The number of carbonyl (C=O) groups excluding carboxylic acids is 1. The lowest BCUT2D eigenvalue weighted by Gasteiger charge is -2.18. The van der Waals surface area contributed by atoms with Gasteiger partial charge in [0.25, 0.3) is 0 Å². The minimum Gasteiger partial charge on any atom is -0.290 e.